The van der Waals surface area contributed by atoms with Gasteiger partial charge < -0.3 is 20.5 Å². The minimum Gasteiger partial charge on any atom is -0.389 e. The summed E-state index contributed by atoms with van der Waals surface area (Å²) in [5.41, 5.74) is 6.45. The molecule has 0 atom stereocenters. The first-order valence-corrected chi connectivity index (χ1v) is 7.86. The molecule has 1 aromatic carbocycles. The van der Waals surface area contributed by atoms with E-state index in [2.05, 4.69) is 21.2 Å². The fourth-order valence-corrected chi connectivity index (χ4v) is 2.53. The maximum absolute atomic E-state index is 14.1. The zero-order valence-corrected chi connectivity index (χ0v) is 14.4. The number of nitrogens with one attached hydrogen (secondary N) is 1. The largest absolute Gasteiger partial charge is 0.389 e. The van der Waals surface area contributed by atoms with Crippen LogP contribution in [-0.4, -0.2) is 38.5 Å². The van der Waals surface area contributed by atoms with Crippen LogP contribution in [0.25, 0.3) is 0 Å². The molecule has 0 radical (unpaired) electrons. The molecule has 0 spiro atoms. The first-order chi connectivity index (χ1) is 10.1. The SMILES string of the molecule is COCCOCCCCNc1ccc(C(N)=S)c(Br)c1F. The minimum absolute atomic E-state index is 0.167. The predicted molar refractivity (Wildman–Crippen MR) is 90.4 cm³/mol. The second-order valence-corrected chi connectivity index (χ2v) is 5.62. The quantitative estimate of drug-likeness (QED) is 0.483. The van der Waals surface area contributed by atoms with Gasteiger partial charge >= 0.3 is 0 Å². The van der Waals surface area contributed by atoms with Crippen molar-refractivity contribution in [1.82, 2.24) is 0 Å². The number of thiocarbonyl (C=S) groups is 1. The Labute approximate surface area is 138 Å². The second-order valence-electron chi connectivity index (χ2n) is 4.39. The summed E-state index contributed by atoms with van der Waals surface area (Å²) in [6.45, 7) is 2.56. The van der Waals surface area contributed by atoms with Crippen molar-refractivity contribution in [3.05, 3.63) is 28.0 Å². The summed E-state index contributed by atoms with van der Waals surface area (Å²) in [7, 11) is 1.64. The van der Waals surface area contributed by atoms with Crippen molar-refractivity contribution in [3.63, 3.8) is 0 Å². The number of halogens is 2. The van der Waals surface area contributed by atoms with Crippen molar-refractivity contribution in [2.75, 3.05) is 38.8 Å². The molecule has 0 heterocycles. The molecule has 1 aromatic rings. The van der Waals surface area contributed by atoms with Crippen LogP contribution < -0.4 is 11.1 Å². The summed E-state index contributed by atoms with van der Waals surface area (Å²) in [5.74, 6) is -0.378. The third-order valence-electron chi connectivity index (χ3n) is 2.81. The molecule has 7 heteroatoms. The number of ether oxygens (including phenoxy) is 2. The molecule has 0 saturated heterocycles. The third kappa shape index (κ3) is 6.25. The maximum Gasteiger partial charge on any atom is 0.161 e. The van der Waals surface area contributed by atoms with Crippen LogP contribution in [0.1, 0.15) is 18.4 Å². The van der Waals surface area contributed by atoms with Gasteiger partial charge in [-0.15, -0.1) is 0 Å². The van der Waals surface area contributed by atoms with E-state index >= 15 is 0 Å². The number of methoxy groups -OCH3 is 1. The zero-order valence-electron chi connectivity index (χ0n) is 12.0. The van der Waals surface area contributed by atoms with Crippen LogP contribution in [-0.2, 0) is 9.47 Å². The predicted octanol–water partition coefficient (Wildman–Crippen LogP) is 3.08. The second kappa shape index (κ2) is 10.0. The van der Waals surface area contributed by atoms with E-state index in [1.807, 2.05) is 0 Å². The third-order valence-corrected chi connectivity index (χ3v) is 3.81. The molecule has 0 fully saturated rings. The number of anilines is 1. The summed E-state index contributed by atoms with van der Waals surface area (Å²) in [6.07, 6.45) is 1.80. The molecule has 0 saturated carbocycles. The van der Waals surface area contributed by atoms with Gasteiger partial charge in [-0.3, -0.25) is 0 Å². The number of rotatable bonds is 10. The first kappa shape index (κ1) is 18.3. The summed E-state index contributed by atoms with van der Waals surface area (Å²) in [6, 6.07) is 3.34. The summed E-state index contributed by atoms with van der Waals surface area (Å²) >= 11 is 8.03. The topological polar surface area (TPSA) is 56.5 Å². The molecule has 21 heavy (non-hydrogen) atoms. The van der Waals surface area contributed by atoms with Crippen molar-refractivity contribution in [1.29, 1.82) is 0 Å². The molecular weight excluding hydrogens is 359 g/mol. The minimum atomic E-state index is -0.378. The highest BCUT2D eigenvalue weighted by molar-refractivity contribution is 9.10. The molecule has 0 aromatic heterocycles. The average Bonchev–Trinajstić information content (AvgIpc) is 2.45. The molecule has 0 aliphatic carbocycles. The Morgan fingerprint density at radius 1 is 1.33 bits per heavy atom. The van der Waals surface area contributed by atoms with E-state index in [0.29, 0.717) is 42.1 Å². The van der Waals surface area contributed by atoms with Gasteiger partial charge in [0.15, 0.2) is 5.82 Å². The van der Waals surface area contributed by atoms with Crippen LogP contribution in [0.15, 0.2) is 16.6 Å². The highest BCUT2D eigenvalue weighted by Crippen LogP contribution is 2.27. The fraction of sp³-hybridized carbons (Fsp3) is 0.500. The number of nitrogens with two attached hydrogens (primary N) is 1. The van der Waals surface area contributed by atoms with E-state index in [-0.39, 0.29) is 10.8 Å². The lowest BCUT2D eigenvalue weighted by Crippen LogP contribution is -2.12. The lowest BCUT2D eigenvalue weighted by molar-refractivity contribution is 0.0691. The summed E-state index contributed by atoms with van der Waals surface area (Å²) < 4.78 is 24.6. The summed E-state index contributed by atoms with van der Waals surface area (Å²) in [4.78, 5) is 0.167. The van der Waals surface area contributed by atoms with Crippen molar-refractivity contribution >= 4 is 38.8 Å². The molecular formula is C14H20BrFN2O2S. The van der Waals surface area contributed by atoms with Crippen LogP contribution in [0.2, 0.25) is 0 Å². The molecule has 0 bridgehead atoms. The van der Waals surface area contributed by atoms with Crippen molar-refractivity contribution in [2.24, 2.45) is 5.73 Å². The van der Waals surface area contributed by atoms with Crippen molar-refractivity contribution in [2.45, 2.75) is 12.8 Å². The molecule has 0 aliphatic heterocycles. The van der Waals surface area contributed by atoms with Gasteiger partial charge in [-0.25, -0.2) is 4.39 Å². The molecule has 118 valence electrons. The monoisotopic (exact) mass is 378 g/mol. The lowest BCUT2D eigenvalue weighted by Gasteiger charge is -2.11. The van der Waals surface area contributed by atoms with Crippen molar-refractivity contribution in [3.8, 4) is 0 Å². The normalized spacial score (nSPS) is 10.6. The molecule has 4 nitrogen and oxygen atoms in total. The highest BCUT2D eigenvalue weighted by Gasteiger charge is 2.12. The molecule has 1 rings (SSSR count). The van der Waals surface area contributed by atoms with Crippen LogP contribution in [0, 0.1) is 5.82 Å². The highest BCUT2D eigenvalue weighted by atomic mass is 79.9. The number of hydrogen-bond acceptors (Lipinski definition) is 4. The van der Waals surface area contributed by atoms with Gasteiger partial charge in [0.2, 0.25) is 0 Å². The Kier molecular flexibility index (Phi) is 8.75. The standard InChI is InChI=1S/C14H20BrFN2O2S/c1-19-8-9-20-7-3-2-6-18-11-5-4-10(14(17)21)12(15)13(11)16/h4-5,18H,2-3,6-9H2,1H3,(H2,17,21). The molecule has 0 amide bonds. The average molecular weight is 379 g/mol. The van der Waals surface area contributed by atoms with Gasteiger partial charge in [0.25, 0.3) is 0 Å². The van der Waals surface area contributed by atoms with Crippen LogP contribution in [0.4, 0.5) is 10.1 Å². The van der Waals surface area contributed by atoms with Gasteiger partial charge in [-0.1, -0.05) is 12.2 Å². The Morgan fingerprint density at radius 2 is 2.10 bits per heavy atom. The van der Waals surface area contributed by atoms with E-state index < -0.39 is 0 Å². The van der Waals surface area contributed by atoms with Gasteiger partial charge in [-0.2, -0.15) is 0 Å². The van der Waals surface area contributed by atoms with E-state index in [4.69, 9.17) is 27.4 Å². The Bertz CT molecular complexity index is 475. The Morgan fingerprint density at radius 3 is 2.76 bits per heavy atom. The Balaban J connectivity index is 2.33. The maximum atomic E-state index is 14.1. The van der Waals surface area contributed by atoms with Gasteiger partial charge in [-0.05, 0) is 40.9 Å². The number of hydrogen-bond donors (Lipinski definition) is 2. The molecule has 3 N–H and O–H groups in total. The smallest absolute Gasteiger partial charge is 0.161 e. The summed E-state index contributed by atoms with van der Waals surface area (Å²) in [5, 5.41) is 3.05. The van der Waals surface area contributed by atoms with Gasteiger partial charge in [0.1, 0.15) is 4.99 Å². The van der Waals surface area contributed by atoms with Crippen molar-refractivity contribution < 1.29 is 13.9 Å². The van der Waals surface area contributed by atoms with Crippen LogP contribution in [0.5, 0.6) is 0 Å². The molecule has 0 unspecified atom stereocenters. The van der Waals surface area contributed by atoms with Gasteiger partial charge in [0.05, 0.1) is 23.4 Å². The Hall–Kier alpha value is -0.760. The fourth-order valence-electron chi connectivity index (χ4n) is 1.67. The molecule has 0 aliphatic rings. The van der Waals surface area contributed by atoms with Crippen LogP contribution >= 0.6 is 28.1 Å². The van der Waals surface area contributed by atoms with E-state index in [0.717, 1.165) is 12.8 Å². The van der Waals surface area contributed by atoms with E-state index in [9.17, 15) is 4.39 Å². The van der Waals surface area contributed by atoms with E-state index in [1.54, 1.807) is 19.2 Å². The lowest BCUT2D eigenvalue weighted by atomic mass is 10.2. The van der Waals surface area contributed by atoms with Crippen LogP contribution in [0.3, 0.4) is 0 Å². The zero-order chi connectivity index (χ0) is 15.7. The first-order valence-electron chi connectivity index (χ1n) is 6.66. The van der Waals surface area contributed by atoms with Gasteiger partial charge in [0, 0.05) is 25.8 Å². The number of benzene rings is 1. The number of unbranched alkanes of at least 4 members (excludes halogenated alkanes) is 1. The van der Waals surface area contributed by atoms with E-state index in [1.165, 1.54) is 0 Å².